The van der Waals surface area contributed by atoms with Crippen LogP contribution >= 0.6 is 0 Å². The van der Waals surface area contributed by atoms with E-state index in [0.29, 0.717) is 24.0 Å². The van der Waals surface area contributed by atoms with Gasteiger partial charge < -0.3 is 19.0 Å². The van der Waals surface area contributed by atoms with Gasteiger partial charge in [0.1, 0.15) is 0 Å². The molecule has 3 aromatic carbocycles. The van der Waals surface area contributed by atoms with Gasteiger partial charge in [0.15, 0.2) is 11.5 Å². The van der Waals surface area contributed by atoms with Crippen LogP contribution in [0.25, 0.3) is 17.2 Å². The number of methoxy groups -OCH3 is 1. The summed E-state index contributed by atoms with van der Waals surface area (Å²) in [7, 11) is 1.37. The molecule has 0 amide bonds. The molecule has 0 saturated carbocycles. The molecule has 3 aromatic rings. The number of alkyl halides is 1. The quantitative estimate of drug-likeness (QED) is 0.0682. The number of halogens is 1. The van der Waals surface area contributed by atoms with Crippen molar-refractivity contribution in [2.75, 3.05) is 20.3 Å². The molecule has 0 radical (unpaired) electrons. The van der Waals surface area contributed by atoms with E-state index in [0.717, 1.165) is 12.5 Å². The molecule has 0 aliphatic heterocycles. The van der Waals surface area contributed by atoms with Gasteiger partial charge in [-0.25, -0.2) is 14.0 Å². The Labute approximate surface area is 224 Å². The zero-order chi connectivity index (χ0) is 28.3. The molecule has 0 spiro atoms. The molecule has 0 saturated heterocycles. The number of benzene rings is 3. The highest BCUT2D eigenvalue weighted by molar-refractivity contribution is 5.88. The largest absolute Gasteiger partial charge is 0.493 e. The molecular formula is C29H28FNO8. The lowest BCUT2D eigenvalue weighted by atomic mass is 9.89. The number of carbonyl (C=O) groups is 2. The minimum atomic E-state index is -2.46. The van der Waals surface area contributed by atoms with Crippen LogP contribution in [0.4, 0.5) is 4.39 Å². The fourth-order valence-electron chi connectivity index (χ4n) is 3.67. The van der Waals surface area contributed by atoms with E-state index in [1.54, 1.807) is 30.3 Å². The number of rotatable bonds is 13. The summed E-state index contributed by atoms with van der Waals surface area (Å²) in [6, 6.07) is 20.4. The molecule has 9 nitrogen and oxygen atoms in total. The Balaban J connectivity index is 1.65. The fraction of sp³-hybridized carbons (Fsp3) is 0.241. The van der Waals surface area contributed by atoms with Crippen molar-refractivity contribution in [3.8, 4) is 22.6 Å². The molecule has 1 atom stereocenters. The Morgan fingerprint density at radius 1 is 0.974 bits per heavy atom. The van der Waals surface area contributed by atoms with E-state index in [1.807, 2.05) is 30.3 Å². The van der Waals surface area contributed by atoms with Crippen molar-refractivity contribution >= 4 is 18.0 Å². The van der Waals surface area contributed by atoms with Crippen molar-refractivity contribution in [3.05, 3.63) is 100 Å². The van der Waals surface area contributed by atoms with Crippen LogP contribution in [-0.4, -0.2) is 37.3 Å². The summed E-state index contributed by atoms with van der Waals surface area (Å²) in [4.78, 5) is 39.2. The highest BCUT2D eigenvalue weighted by Gasteiger charge is 2.39. The SMILES string of the molecule is COc1cc(C=CC(=O)OCCCCO[N+](=O)[O-])ccc1OC(=O)C(C)(F)c1ccccc1-c1ccccc1. The second-order valence-corrected chi connectivity index (χ2v) is 8.48. The molecule has 0 N–H and O–H groups in total. The number of esters is 2. The number of hydrogen-bond donors (Lipinski definition) is 0. The van der Waals surface area contributed by atoms with Crippen molar-refractivity contribution in [2.24, 2.45) is 0 Å². The normalized spacial score (nSPS) is 12.4. The van der Waals surface area contributed by atoms with Crippen LogP contribution in [-0.2, 0) is 24.8 Å². The van der Waals surface area contributed by atoms with Crippen molar-refractivity contribution in [3.63, 3.8) is 0 Å². The first-order valence-corrected chi connectivity index (χ1v) is 12.1. The van der Waals surface area contributed by atoms with Crippen molar-refractivity contribution in [2.45, 2.75) is 25.4 Å². The summed E-state index contributed by atoms with van der Waals surface area (Å²) in [6.45, 7) is 1.16. The fourth-order valence-corrected chi connectivity index (χ4v) is 3.67. The van der Waals surface area contributed by atoms with E-state index in [-0.39, 0.29) is 30.3 Å². The van der Waals surface area contributed by atoms with Gasteiger partial charge in [-0.2, -0.15) is 0 Å². The van der Waals surface area contributed by atoms with Crippen LogP contribution in [0.15, 0.2) is 78.9 Å². The molecule has 0 aliphatic carbocycles. The summed E-state index contributed by atoms with van der Waals surface area (Å²) in [6.07, 6.45) is 3.45. The summed E-state index contributed by atoms with van der Waals surface area (Å²) < 4.78 is 31.7. The van der Waals surface area contributed by atoms with Crippen LogP contribution < -0.4 is 9.47 Å². The third-order valence-electron chi connectivity index (χ3n) is 5.68. The van der Waals surface area contributed by atoms with Gasteiger partial charge in [-0.05, 0) is 54.7 Å². The lowest BCUT2D eigenvalue weighted by Crippen LogP contribution is -2.32. The smallest absolute Gasteiger partial charge is 0.353 e. The number of carbonyl (C=O) groups excluding carboxylic acids is 2. The Hall–Kier alpha value is -4.73. The zero-order valence-corrected chi connectivity index (χ0v) is 21.5. The lowest BCUT2D eigenvalue weighted by molar-refractivity contribution is -0.757. The standard InChI is InChI=1S/C29H28FNO8/c1-29(30,24-13-7-6-12-23(24)22-10-4-3-5-11-22)28(33)39-25-16-14-21(20-26(25)36-2)15-17-27(32)37-18-8-9-19-38-31(34)35/h3-7,10-17,20H,8-9,18-19H2,1-2H3. The van der Waals surface area contributed by atoms with E-state index in [1.165, 1.54) is 31.4 Å². The number of ether oxygens (including phenoxy) is 3. The molecule has 39 heavy (non-hydrogen) atoms. The zero-order valence-electron chi connectivity index (χ0n) is 21.5. The predicted octanol–water partition coefficient (Wildman–Crippen LogP) is 5.70. The number of nitrogens with zero attached hydrogens (tertiary/aromatic N) is 1. The van der Waals surface area contributed by atoms with Crippen molar-refractivity contribution in [1.82, 2.24) is 0 Å². The topological polar surface area (TPSA) is 114 Å². The summed E-state index contributed by atoms with van der Waals surface area (Å²) >= 11 is 0. The van der Waals surface area contributed by atoms with Crippen LogP contribution in [0.2, 0.25) is 0 Å². The van der Waals surface area contributed by atoms with Crippen LogP contribution in [0, 0.1) is 10.1 Å². The Bertz CT molecular complexity index is 1320. The van der Waals surface area contributed by atoms with Gasteiger partial charge in [0.25, 0.3) is 5.09 Å². The number of hydrogen-bond acceptors (Lipinski definition) is 8. The highest BCUT2D eigenvalue weighted by atomic mass is 19.1. The second-order valence-electron chi connectivity index (χ2n) is 8.48. The minimum absolute atomic E-state index is 0.0141. The maximum Gasteiger partial charge on any atom is 0.353 e. The third-order valence-corrected chi connectivity index (χ3v) is 5.68. The van der Waals surface area contributed by atoms with E-state index >= 15 is 4.39 Å². The molecular weight excluding hydrogens is 509 g/mol. The maximum atomic E-state index is 16.0. The monoisotopic (exact) mass is 537 g/mol. The first kappa shape index (κ1) is 28.8. The van der Waals surface area contributed by atoms with Gasteiger partial charge in [0.2, 0.25) is 5.67 Å². The Kier molecular flexibility index (Phi) is 10.1. The van der Waals surface area contributed by atoms with Crippen molar-refractivity contribution in [1.29, 1.82) is 0 Å². The highest BCUT2D eigenvalue weighted by Crippen LogP contribution is 2.37. The molecule has 10 heteroatoms. The van der Waals surface area contributed by atoms with Gasteiger partial charge in [-0.3, -0.25) is 0 Å². The number of unbranched alkanes of at least 4 members (excludes halogenated alkanes) is 1. The molecule has 0 fully saturated rings. The van der Waals surface area contributed by atoms with E-state index in [4.69, 9.17) is 14.2 Å². The molecule has 0 aliphatic rings. The van der Waals surface area contributed by atoms with Gasteiger partial charge in [-0.15, -0.1) is 10.1 Å². The van der Waals surface area contributed by atoms with Crippen LogP contribution in [0.5, 0.6) is 11.5 Å². The molecule has 1 unspecified atom stereocenters. The second kappa shape index (κ2) is 13.7. The summed E-state index contributed by atoms with van der Waals surface area (Å²) in [5.41, 5.74) is -0.413. The summed E-state index contributed by atoms with van der Waals surface area (Å²) in [5.74, 6) is -1.54. The first-order valence-electron chi connectivity index (χ1n) is 12.1. The van der Waals surface area contributed by atoms with E-state index in [2.05, 4.69) is 4.84 Å². The molecule has 3 rings (SSSR count). The van der Waals surface area contributed by atoms with Gasteiger partial charge in [0.05, 0.1) is 20.3 Å². The molecule has 0 bridgehead atoms. The average Bonchev–Trinajstić information content (AvgIpc) is 2.94. The third kappa shape index (κ3) is 8.13. The van der Waals surface area contributed by atoms with Gasteiger partial charge >= 0.3 is 11.9 Å². The Morgan fingerprint density at radius 3 is 2.38 bits per heavy atom. The van der Waals surface area contributed by atoms with Gasteiger partial charge in [-0.1, -0.05) is 60.7 Å². The van der Waals surface area contributed by atoms with Crippen molar-refractivity contribution < 1.29 is 38.1 Å². The Morgan fingerprint density at radius 2 is 1.67 bits per heavy atom. The van der Waals surface area contributed by atoms with Crippen LogP contribution in [0.1, 0.15) is 30.9 Å². The minimum Gasteiger partial charge on any atom is -0.493 e. The first-order chi connectivity index (χ1) is 18.7. The van der Waals surface area contributed by atoms with E-state index < -0.39 is 22.7 Å². The van der Waals surface area contributed by atoms with Crippen LogP contribution in [0.3, 0.4) is 0 Å². The van der Waals surface area contributed by atoms with E-state index in [9.17, 15) is 19.7 Å². The average molecular weight is 538 g/mol. The molecule has 204 valence electrons. The maximum absolute atomic E-state index is 16.0. The summed E-state index contributed by atoms with van der Waals surface area (Å²) in [5, 5.41) is 9.20. The lowest BCUT2D eigenvalue weighted by Gasteiger charge is -2.22. The van der Waals surface area contributed by atoms with Gasteiger partial charge in [0, 0.05) is 11.6 Å². The molecule has 0 heterocycles. The predicted molar refractivity (Wildman–Crippen MR) is 141 cm³/mol. The molecule has 0 aromatic heterocycles.